The van der Waals surface area contributed by atoms with Crippen LogP contribution in [0.15, 0.2) is 36.5 Å². The van der Waals surface area contributed by atoms with E-state index in [0.29, 0.717) is 22.5 Å². The highest BCUT2D eigenvalue weighted by Gasteiger charge is 2.27. The van der Waals surface area contributed by atoms with Gasteiger partial charge >= 0.3 is 0 Å². The number of halogens is 1. The molecule has 0 bridgehead atoms. The topological polar surface area (TPSA) is 58.1 Å². The molecule has 0 radical (unpaired) electrons. The Hall–Kier alpha value is -3.02. The molecule has 3 aromatic rings. The van der Waals surface area contributed by atoms with Gasteiger partial charge in [-0.25, -0.2) is 14.4 Å². The number of amides is 1. The van der Waals surface area contributed by atoms with Crippen LogP contribution in [-0.2, 0) is 0 Å². The Balaban J connectivity index is 1.82. The van der Waals surface area contributed by atoms with Crippen LogP contribution in [0.1, 0.15) is 47.8 Å². The lowest BCUT2D eigenvalue weighted by Crippen LogP contribution is -2.42. The van der Waals surface area contributed by atoms with Crippen LogP contribution >= 0.6 is 0 Å². The number of pyridine rings is 2. The molecule has 5 nitrogen and oxygen atoms in total. The second kappa shape index (κ2) is 7.78. The second-order valence-electron chi connectivity index (χ2n) is 7.80. The Labute approximate surface area is 170 Å². The Bertz CT molecular complexity index is 1080. The van der Waals surface area contributed by atoms with Gasteiger partial charge in [0.2, 0.25) is 0 Å². The molecular formula is C23H25FN4O. The standard InChI is InChI=1S/C23H25FN4O/c1-14-12-17(8-10-20(14)24)27-21-18-9-7-15(2)26-22(18)25-13-19(21)23(29)28-11-5-4-6-16(28)3/h7-10,12-13,16H,4-6,11H2,1-3H3,(H,25,26,27)/t16-/m1/s1. The zero-order valence-electron chi connectivity index (χ0n) is 17.0. The lowest BCUT2D eigenvalue weighted by atomic mass is 10.0. The molecule has 6 heteroatoms. The smallest absolute Gasteiger partial charge is 0.257 e. The third-order valence-electron chi connectivity index (χ3n) is 5.59. The first-order valence-electron chi connectivity index (χ1n) is 10.0. The van der Waals surface area contributed by atoms with Gasteiger partial charge < -0.3 is 10.2 Å². The van der Waals surface area contributed by atoms with E-state index in [1.165, 1.54) is 6.07 Å². The summed E-state index contributed by atoms with van der Waals surface area (Å²) < 4.78 is 13.7. The summed E-state index contributed by atoms with van der Waals surface area (Å²) in [6, 6.07) is 8.87. The monoisotopic (exact) mass is 392 g/mol. The maximum Gasteiger partial charge on any atom is 0.257 e. The van der Waals surface area contributed by atoms with Crippen LogP contribution in [0.5, 0.6) is 0 Å². The van der Waals surface area contributed by atoms with Gasteiger partial charge in [-0.3, -0.25) is 4.79 Å². The number of piperidine rings is 1. The maximum atomic E-state index is 13.7. The van der Waals surface area contributed by atoms with Gasteiger partial charge in [0.15, 0.2) is 5.65 Å². The van der Waals surface area contributed by atoms with Gasteiger partial charge in [-0.05, 0) is 75.9 Å². The van der Waals surface area contributed by atoms with Crippen molar-refractivity contribution in [3.63, 3.8) is 0 Å². The molecule has 1 atom stereocenters. The molecule has 1 N–H and O–H groups in total. The van der Waals surface area contributed by atoms with Crippen LogP contribution in [0.3, 0.4) is 0 Å². The third-order valence-corrected chi connectivity index (χ3v) is 5.59. The van der Waals surface area contributed by atoms with Gasteiger partial charge in [0.05, 0.1) is 11.3 Å². The van der Waals surface area contributed by atoms with Crippen LogP contribution in [0.2, 0.25) is 0 Å². The molecule has 1 aliphatic rings. The van der Waals surface area contributed by atoms with Gasteiger partial charge in [-0.2, -0.15) is 0 Å². The number of nitrogens with zero attached hydrogens (tertiary/aromatic N) is 3. The normalized spacial score (nSPS) is 16.8. The van der Waals surface area contributed by atoms with Crippen molar-refractivity contribution in [3.05, 3.63) is 59.2 Å². The van der Waals surface area contributed by atoms with E-state index >= 15 is 0 Å². The van der Waals surface area contributed by atoms with E-state index in [4.69, 9.17) is 0 Å². The molecule has 0 spiro atoms. The largest absolute Gasteiger partial charge is 0.354 e. The highest BCUT2D eigenvalue weighted by atomic mass is 19.1. The number of hydrogen-bond donors (Lipinski definition) is 1. The molecule has 29 heavy (non-hydrogen) atoms. The minimum Gasteiger partial charge on any atom is -0.354 e. The van der Waals surface area contributed by atoms with Gasteiger partial charge in [-0.1, -0.05) is 0 Å². The van der Waals surface area contributed by atoms with Gasteiger partial charge in [-0.15, -0.1) is 0 Å². The highest BCUT2D eigenvalue weighted by Crippen LogP contribution is 2.31. The van der Waals surface area contributed by atoms with Gasteiger partial charge in [0.25, 0.3) is 5.91 Å². The van der Waals surface area contributed by atoms with E-state index in [1.54, 1.807) is 25.3 Å². The molecular weight excluding hydrogens is 367 g/mol. The van der Waals surface area contributed by atoms with Crippen molar-refractivity contribution >= 4 is 28.3 Å². The van der Waals surface area contributed by atoms with Crippen LogP contribution in [0.4, 0.5) is 15.8 Å². The first-order valence-corrected chi connectivity index (χ1v) is 10.0. The number of hydrogen-bond acceptors (Lipinski definition) is 4. The Morgan fingerprint density at radius 3 is 2.79 bits per heavy atom. The van der Waals surface area contributed by atoms with Crippen molar-refractivity contribution in [2.75, 3.05) is 11.9 Å². The Morgan fingerprint density at radius 1 is 1.21 bits per heavy atom. The third kappa shape index (κ3) is 3.79. The molecule has 4 rings (SSSR count). The average molecular weight is 392 g/mol. The molecule has 1 saturated heterocycles. The number of carbonyl (C=O) groups is 1. The first-order chi connectivity index (χ1) is 13.9. The van der Waals surface area contributed by atoms with E-state index in [1.807, 2.05) is 24.0 Å². The van der Waals surface area contributed by atoms with E-state index in [0.717, 1.165) is 42.6 Å². The van der Waals surface area contributed by atoms with Gasteiger partial charge in [0, 0.05) is 35.6 Å². The number of aryl methyl sites for hydroxylation is 2. The highest BCUT2D eigenvalue weighted by molar-refractivity contribution is 6.07. The van der Waals surface area contributed by atoms with E-state index in [2.05, 4.69) is 22.2 Å². The summed E-state index contributed by atoms with van der Waals surface area (Å²) in [6.07, 6.45) is 4.77. The molecule has 150 valence electrons. The first kappa shape index (κ1) is 19.3. The van der Waals surface area contributed by atoms with Crippen molar-refractivity contribution in [1.29, 1.82) is 0 Å². The van der Waals surface area contributed by atoms with Crippen molar-refractivity contribution in [3.8, 4) is 0 Å². The minimum absolute atomic E-state index is 0.0338. The molecule has 2 aromatic heterocycles. The average Bonchev–Trinajstić information content (AvgIpc) is 2.70. The van der Waals surface area contributed by atoms with Crippen molar-refractivity contribution in [2.24, 2.45) is 0 Å². The number of benzene rings is 1. The van der Waals surface area contributed by atoms with Crippen LogP contribution in [-0.4, -0.2) is 33.4 Å². The summed E-state index contributed by atoms with van der Waals surface area (Å²) in [5.74, 6) is -0.292. The fraction of sp³-hybridized carbons (Fsp3) is 0.348. The number of nitrogens with one attached hydrogen (secondary N) is 1. The predicted octanol–water partition coefficient (Wildman–Crippen LogP) is 5.14. The number of fused-ring (bicyclic) bond motifs is 1. The summed E-state index contributed by atoms with van der Waals surface area (Å²) in [6.45, 7) is 6.47. The fourth-order valence-corrected chi connectivity index (χ4v) is 3.89. The van der Waals surface area contributed by atoms with Crippen molar-refractivity contribution in [2.45, 2.75) is 46.1 Å². The van der Waals surface area contributed by atoms with Gasteiger partial charge in [0.1, 0.15) is 5.82 Å². The predicted molar refractivity (Wildman–Crippen MR) is 113 cm³/mol. The SMILES string of the molecule is Cc1ccc2c(Nc3ccc(F)c(C)c3)c(C(=O)N3CCCC[C@H]3C)cnc2n1. The number of rotatable bonds is 3. The zero-order valence-corrected chi connectivity index (χ0v) is 17.0. The molecule has 0 unspecified atom stereocenters. The minimum atomic E-state index is -0.258. The number of anilines is 2. The van der Waals surface area contributed by atoms with E-state index < -0.39 is 0 Å². The van der Waals surface area contributed by atoms with E-state index in [-0.39, 0.29) is 17.8 Å². The summed E-state index contributed by atoms with van der Waals surface area (Å²) in [7, 11) is 0. The molecule has 1 amide bonds. The summed E-state index contributed by atoms with van der Waals surface area (Å²) >= 11 is 0. The van der Waals surface area contributed by atoms with Crippen LogP contribution in [0.25, 0.3) is 11.0 Å². The van der Waals surface area contributed by atoms with Crippen LogP contribution < -0.4 is 5.32 Å². The summed E-state index contributed by atoms with van der Waals surface area (Å²) in [4.78, 5) is 24.3. The zero-order chi connectivity index (χ0) is 20.5. The van der Waals surface area contributed by atoms with E-state index in [9.17, 15) is 9.18 Å². The summed E-state index contributed by atoms with van der Waals surface area (Å²) in [5.41, 5.74) is 3.87. The Morgan fingerprint density at radius 2 is 2.03 bits per heavy atom. The molecule has 1 aliphatic heterocycles. The van der Waals surface area contributed by atoms with Crippen molar-refractivity contribution in [1.82, 2.24) is 14.9 Å². The van der Waals surface area contributed by atoms with Crippen molar-refractivity contribution < 1.29 is 9.18 Å². The maximum absolute atomic E-state index is 13.7. The second-order valence-corrected chi connectivity index (χ2v) is 7.80. The molecule has 0 aliphatic carbocycles. The lowest BCUT2D eigenvalue weighted by molar-refractivity contribution is 0.0636. The quantitative estimate of drug-likeness (QED) is 0.670. The molecule has 1 aromatic carbocycles. The lowest BCUT2D eigenvalue weighted by Gasteiger charge is -2.34. The number of carbonyl (C=O) groups excluding carboxylic acids is 1. The fourth-order valence-electron chi connectivity index (χ4n) is 3.89. The number of aromatic nitrogens is 2. The summed E-state index contributed by atoms with van der Waals surface area (Å²) in [5, 5.41) is 4.12. The van der Waals surface area contributed by atoms with Crippen LogP contribution in [0, 0.1) is 19.7 Å². The number of likely N-dealkylation sites (tertiary alicyclic amines) is 1. The molecule has 1 fully saturated rings. The Kier molecular flexibility index (Phi) is 5.18. The molecule has 3 heterocycles. The molecule has 0 saturated carbocycles.